The zero-order valence-corrected chi connectivity index (χ0v) is 13.3. The fraction of sp³-hybridized carbons (Fsp3) is 0.938. The van der Waals surface area contributed by atoms with Crippen molar-refractivity contribution >= 4 is 5.97 Å². The summed E-state index contributed by atoms with van der Waals surface area (Å²) in [5.74, 6) is -0.287. The molecule has 2 atom stereocenters. The summed E-state index contributed by atoms with van der Waals surface area (Å²) in [4.78, 5) is 13.6. The van der Waals surface area contributed by atoms with Crippen LogP contribution in [-0.2, 0) is 9.53 Å². The second-order valence-corrected chi connectivity index (χ2v) is 7.59. The minimum atomic E-state index is -0.720. The Morgan fingerprint density at radius 1 is 1.15 bits per heavy atom. The van der Waals surface area contributed by atoms with Crippen LogP contribution < -0.4 is 0 Å². The van der Waals surface area contributed by atoms with Gasteiger partial charge in [0, 0.05) is 12.1 Å². The van der Waals surface area contributed by atoms with Gasteiger partial charge in [0.2, 0.25) is 0 Å². The number of ether oxygens (including phenoxy) is 1. The Morgan fingerprint density at radius 2 is 1.75 bits per heavy atom. The molecular weight excluding hydrogens is 254 g/mol. The molecule has 0 bridgehead atoms. The van der Waals surface area contributed by atoms with Crippen LogP contribution >= 0.6 is 0 Å². The fourth-order valence-corrected chi connectivity index (χ4v) is 3.80. The summed E-state index contributed by atoms with van der Waals surface area (Å²) < 4.78 is 5.40. The summed E-state index contributed by atoms with van der Waals surface area (Å²) in [6.45, 7) is 7.90. The van der Waals surface area contributed by atoms with E-state index in [4.69, 9.17) is 4.74 Å². The monoisotopic (exact) mass is 283 g/mol. The average Bonchev–Trinajstić information content (AvgIpc) is 2.86. The molecule has 116 valence electrons. The molecule has 1 aliphatic carbocycles. The zero-order chi connectivity index (χ0) is 14.9. The van der Waals surface area contributed by atoms with Crippen LogP contribution in [0.15, 0.2) is 0 Å². The predicted molar refractivity (Wildman–Crippen MR) is 78.7 cm³/mol. The normalized spacial score (nSPS) is 35.5. The fourth-order valence-electron chi connectivity index (χ4n) is 3.80. The van der Waals surface area contributed by atoms with Crippen LogP contribution in [-0.4, -0.2) is 48.3 Å². The Bertz CT molecular complexity index is 342. The molecule has 1 saturated heterocycles. The quantitative estimate of drug-likeness (QED) is 0.865. The van der Waals surface area contributed by atoms with Crippen LogP contribution in [0.5, 0.6) is 0 Å². The van der Waals surface area contributed by atoms with Crippen LogP contribution in [0.25, 0.3) is 0 Å². The third-order valence-corrected chi connectivity index (χ3v) is 5.39. The molecule has 2 unspecified atom stereocenters. The van der Waals surface area contributed by atoms with Crippen molar-refractivity contribution in [2.45, 2.75) is 58.5 Å². The Hall–Kier alpha value is -0.610. The summed E-state index contributed by atoms with van der Waals surface area (Å²) in [7, 11) is 2.08. The minimum absolute atomic E-state index is 0.0451. The first-order valence-corrected chi connectivity index (χ1v) is 7.83. The molecule has 2 aliphatic rings. The van der Waals surface area contributed by atoms with E-state index in [9.17, 15) is 9.90 Å². The van der Waals surface area contributed by atoms with Crippen molar-refractivity contribution in [3.63, 3.8) is 0 Å². The van der Waals surface area contributed by atoms with Crippen molar-refractivity contribution in [2.75, 3.05) is 20.3 Å². The molecule has 2 fully saturated rings. The maximum Gasteiger partial charge on any atom is 0.310 e. The first-order valence-electron chi connectivity index (χ1n) is 7.83. The van der Waals surface area contributed by atoms with E-state index in [1.165, 1.54) is 25.7 Å². The summed E-state index contributed by atoms with van der Waals surface area (Å²) in [6, 6.07) is 0.561. The molecule has 1 heterocycles. The van der Waals surface area contributed by atoms with Gasteiger partial charge in [0.05, 0.1) is 19.1 Å². The molecule has 0 aromatic rings. The van der Waals surface area contributed by atoms with Crippen LogP contribution in [0.2, 0.25) is 0 Å². The molecule has 0 spiro atoms. The second-order valence-electron chi connectivity index (χ2n) is 7.59. The molecule has 1 N–H and O–H groups in total. The molecular formula is C16H29NO3. The maximum atomic E-state index is 11.3. The number of nitrogens with zero attached hydrogens (tertiary/aromatic N) is 1. The Morgan fingerprint density at radius 3 is 2.25 bits per heavy atom. The third-order valence-electron chi connectivity index (χ3n) is 5.39. The van der Waals surface area contributed by atoms with Crippen molar-refractivity contribution in [3.05, 3.63) is 0 Å². The van der Waals surface area contributed by atoms with Crippen LogP contribution in [0, 0.1) is 17.3 Å². The van der Waals surface area contributed by atoms with Gasteiger partial charge in [0.25, 0.3) is 0 Å². The predicted octanol–water partition coefficient (Wildman–Crippen LogP) is 2.62. The van der Waals surface area contributed by atoms with E-state index in [-0.39, 0.29) is 12.0 Å². The highest BCUT2D eigenvalue weighted by Crippen LogP contribution is 2.39. The SMILES string of the molecule is CN(C1CCC(C(C)(C)C)CC1)C1COCC1C(=O)O. The van der Waals surface area contributed by atoms with E-state index < -0.39 is 5.97 Å². The first-order chi connectivity index (χ1) is 9.30. The smallest absolute Gasteiger partial charge is 0.310 e. The molecule has 2 rings (SSSR count). The van der Waals surface area contributed by atoms with Gasteiger partial charge in [-0.1, -0.05) is 20.8 Å². The lowest BCUT2D eigenvalue weighted by atomic mass is 9.71. The average molecular weight is 283 g/mol. The van der Waals surface area contributed by atoms with Gasteiger partial charge in [0.1, 0.15) is 0 Å². The van der Waals surface area contributed by atoms with Crippen molar-refractivity contribution in [3.8, 4) is 0 Å². The number of carboxylic acids is 1. The van der Waals surface area contributed by atoms with E-state index in [1.54, 1.807) is 0 Å². The maximum absolute atomic E-state index is 11.3. The molecule has 0 amide bonds. The Labute approximate surface area is 122 Å². The molecule has 0 aromatic heterocycles. The standard InChI is InChI=1S/C16H29NO3/c1-16(2,3)11-5-7-12(8-6-11)17(4)14-10-20-9-13(14)15(18)19/h11-14H,5-10H2,1-4H3,(H,18,19). The molecule has 1 aliphatic heterocycles. The largest absolute Gasteiger partial charge is 0.481 e. The van der Waals surface area contributed by atoms with Crippen molar-refractivity contribution in [1.82, 2.24) is 4.90 Å². The summed E-state index contributed by atoms with van der Waals surface area (Å²) >= 11 is 0. The highest BCUT2D eigenvalue weighted by atomic mass is 16.5. The third kappa shape index (κ3) is 3.34. The number of aliphatic carboxylic acids is 1. The Balaban J connectivity index is 1.91. The van der Waals surface area contributed by atoms with E-state index in [0.29, 0.717) is 24.7 Å². The van der Waals surface area contributed by atoms with E-state index >= 15 is 0 Å². The molecule has 4 heteroatoms. The number of rotatable bonds is 3. The van der Waals surface area contributed by atoms with Crippen LogP contribution in [0.1, 0.15) is 46.5 Å². The second kappa shape index (κ2) is 6.02. The van der Waals surface area contributed by atoms with Gasteiger partial charge in [-0.2, -0.15) is 0 Å². The van der Waals surface area contributed by atoms with Gasteiger partial charge in [0.15, 0.2) is 0 Å². The molecule has 1 saturated carbocycles. The number of hydrogen-bond acceptors (Lipinski definition) is 3. The van der Waals surface area contributed by atoms with Crippen molar-refractivity contribution in [2.24, 2.45) is 17.3 Å². The van der Waals surface area contributed by atoms with Crippen LogP contribution in [0.4, 0.5) is 0 Å². The zero-order valence-electron chi connectivity index (χ0n) is 13.3. The number of carbonyl (C=O) groups is 1. The summed E-state index contributed by atoms with van der Waals surface area (Å²) in [5.41, 5.74) is 0.392. The minimum Gasteiger partial charge on any atom is -0.481 e. The van der Waals surface area contributed by atoms with Gasteiger partial charge in [-0.3, -0.25) is 9.69 Å². The van der Waals surface area contributed by atoms with Crippen LogP contribution in [0.3, 0.4) is 0 Å². The van der Waals surface area contributed by atoms with Gasteiger partial charge in [-0.15, -0.1) is 0 Å². The number of hydrogen-bond donors (Lipinski definition) is 1. The summed E-state index contributed by atoms with van der Waals surface area (Å²) in [5, 5.41) is 9.27. The van der Waals surface area contributed by atoms with Gasteiger partial charge < -0.3 is 9.84 Å². The van der Waals surface area contributed by atoms with Gasteiger partial charge in [-0.25, -0.2) is 0 Å². The molecule has 0 radical (unpaired) electrons. The van der Waals surface area contributed by atoms with E-state index in [1.807, 2.05) is 0 Å². The van der Waals surface area contributed by atoms with Crippen molar-refractivity contribution < 1.29 is 14.6 Å². The van der Waals surface area contributed by atoms with E-state index in [2.05, 4.69) is 32.7 Å². The van der Waals surface area contributed by atoms with E-state index in [0.717, 1.165) is 5.92 Å². The number of likely N-dealkylation sites (N-methyl/N-ethyl adjacent to an activating group) is 1. The molecule has 20 heavy (non-hydrogen) atoms. The van der Waals surface area contributed by atoms with Crippen molar-refractivity contribution in [1.29, 1.82) is 0 Å². The topological polar surface area (TPSA) is 49.8 Å². The summed E-state index contributed by atoms with van der Waals surface area (Å²) in [6.07, 6.45) is 4.87. The van der Waals surface area contributed by atoms with Gasteiger partial charge >= 0.3 is 5.97 Å². The molecule has 0 aromatic carbocycles. The lowest BCUT2D eigenvalue weighted by Gasteiger charge is -2.42. The lowest BCUT2D eigenvalue weighted by Crippen LogP contribution is -2.48. The Kier molecular flexibility index (Phi) is 4.75. The highest BCUT2D eigenvalue weighted by molar-refractivity contribution is 5.71. The first kappa shape index (κ1) is 15.8. The number of carboxylic acid groups (broad SMARTS) is 1. The highest BCUT2D eigenvalue weighted by Gasteiger charge is 2.40. The molecule has 4 nitrogen and oxygen atoms in total. The lowest BCUT2D eigenvalue weighted by molar-refractivity contribution is -0.143. The van der Waals surface area contributed by atoms with Gasteiger partial charge in [-0.05, 0) is 44.1 Å².